The number of hydrogen-bond acceptors (Lipinski definition) is 5. The largest absolute Gasteiger partial charge is 0.495 e. The number of carbonyl (C=O) groups excluding carboxylic acids is 1. The zero-order valence-corrected chi connectivity index (χ0v) is 16.2. The first kappa shape index (κ1) is 17.6. The Hall–Kier alpha value is -3.45. The van der Waals surface area contributed by atoms with E-state index >= 15 is 0 Å². The highest BCUT2D eigenvalue weighted by molar-refractivity contribution is 6.32. The molecule has 144 valence electrons. The van der Waals surface area contributed by atoms with Gasteiger partial charge in [0.2, 0.25) is 5.91 Å². The van der Waals surface area contributed by atoms with Crippen LogP contribution in [0, 0.1) is 0 Å². The van der Waals surface area contributed by atoms with Crippen LogP contribution in [0.25, 0.3) is 16.7 Å². The Morgan fingerprint density at radius 2 is 1.97 bits per heavy atom. The summed E-state index contributed by atoms with van der Waals surface area (Å²) in [6, 6.07) is 13.0. The third-order valence-corrected chi connectivity index (χ3v) is 5.38. The van der Waals surface area contributed by atoms with Crippen LogP contribution in [0.15, 0.2) is 54.9 Å². The normalized spacial score (nSPS) is 15.8. The first-order valence-electron chi connectivity index (χ1n) is 9.07. The molecule has 8 heteroatoms. The summed E-state index contributed by atoms with van der Waals surface area (Å²) in [5.74, 6) is 0.452. The topological polar surface area (TPSA) is 81.9 Å². The fraction of sp³-hybridized carbons (Fsp3) is 0.143. The molecule has 3 heterocycles. The maximum atomic E-state index is 12.3. The van der Waals surface area contributed by atoms with Crippen molar-refractivity contribution in [1.29, 1.82) is 0 Å². The summed E-state index contributed by atoms with van der Waals surface area (Å²) in [5, 5.41) is 12.8. The minimum atomic E-state index is -0.116. The highest BCUT2D eigenvalue weighted by Crippen LogP contribution is 2.40. The molecule has 0 unspecified atom stereocenters. The molecule has 0 spiro atoms. The molecule has 5 rings (SSSR count). The number of fused-ring (bicyclic) bond motifs is 3. The summed E-state index contributed by atoms with van der Waals surface area (Å²) in [5.41, 5.74) is 4.95. The van der Waals surface area contributed by atoms with Crippen molar-refractivity contribution >= 4 is 34.2 Å². The van der Waals surface area contributed by atoms with E-state index in [1.54, 1.807) is 36.4 Å². The van der Waals surface area contributed by atoms with Crippen molar-refractivity contribution in [3.05, 3.63) is 71.0 Å². The molecule has 1 aliphatic heterocycles. The molecule has 29 heavy (non-hydrogen) atoms. The third kappa shape index (κ3) is 3.00. The lowest BCUT2D eigenvalue weighted by Crippen LogP contribution is -2.23. The summed E-state index contributed by atoms with van der Waals surface area (Å²) in [4.78, 5) is 17.9. The number of halogens is 1. The molecule has 7 nitrogen and oxygen atoms in total. The van der Waals surface area contributed by atoms with Gasteiger partial charge in [-0.2, -0.15) is 4.80 Å². The van der Waals surface area contributed by atoms with E-state index in [2.05, 4.69) is 15.4 Å². The van der Waals surface area contributed by atoms with Crippen LogP contribution in [0.3, 0.4) is 0 Å². The minimum Gasteiger partial charge on any atom is -0.495 e. The van der Waals surface area contributed by atoms with Crippen molar-refractivity contribution in [2.24, 2.45) is 0 Å². The molecule has 4 aromatic rings. The van der Waals surface area contributed by atoms with Gasteiger partial charge in [0.25, 0.3) is 0 Å². The van der Waals surface area contributed by atoms with Crippen LogP contribution in [-0.2, 0) is 4.79 Å². The quantitative estimate of drug-likeness (QED) is 0.558. The van der Waals surface area contributed by atoms with Crippen LogP contribution in [-0.4, -0.2) is 33.0 Å². The van der Waals surface area contributed by atoms with Crippen LogP contribution in [0.1, 0.15) is 23.5 Å². The Balaban J connectivity index is 1.68. The fourth-order valence-corrected chi connectivity index (χ4v) is 3.98. The van der Waals surface area contributed by atoms with Crippen LogP contribution < -0.4 is 10.1 Å². The summed E-state index contributed by atoms with van der Waals surface area (Å²) >= 11 is 6.27. The minimum absolute atomic E-state index is 0.0204. The van der Waals surface area contributed by atoms with Gasteiger partial charge in [-0.25, -0.2) is 0 Å². The molecule has 0 radical (unpaired) electrons. The van der Waals surface area contributed by atoms with Crippen LogP contribution >= 0.6 is 11.6 Å². The number of methoxy groups -OCH3 is 1. The number of amides is 1. The van der Waals surface area contributed by atoms with Gasteiger partial charge in [-0.3, -0.25) is 9.78 Å². The van der Waals surface area contributed by atoms with E-state index in [1.807, 2.05) is 30.3 Å². The molecule has 1 amide bonds. The SMILES string of the molecule is COc1ccc(-n2nc3ccc4c(c3n2)[C@H](c2ccncc2)CC(=O)N4)cc1Cl. The molecular formula is C21H16ClN5O2. The number of pyridine rings is 1. The van der Waals surface area contributed by atoms with Gasteiger partial charge in [0, 0.05) is 36.0 Å². The molecule has 0 fully saturated rings. The zero-order valence-electron chi connectivity index (χ0n) is 15.5. The Morgan fingerprint density at radius 3 is 2.72 bits per heavy atom. The molecule has 1 N–H and O–H groups in total. The van der Waals surface area contributed by atoms with Crippen molar-refractivity contribution in [2.45, 2.75) is 12.3 Å². The van der Waals surface area contributed by atoms with Crippen LogP contribution in [0.4, 0.5) is 5.69 Å². The van der Waals surface area contributed by atoms with Crippen molar-refractivity contribution in [3.63, 3.8) is 0 Å². The molecule has 2 aromatic carbocycles. The number of nitrogens with one attached hydrogen (secondary N) is 1. The highest BCUT2D eigenvalue weighted by atomic mass is 35.5. The standard InChI is InChI=1S/C21H16ClN5O2/c1-29-18-5-2-13(10-15(18)22)27-25-17-4-3-16-20(21(17)26-27)14(11-19(28)24-16)12-6-8-23-9-7-12/h2-10,14H,11H2,1H3,(H,24,28)/t14-/m0/s1. The molecule has 0 saturated heterocycles. The number of nitrogens with zero attached hydrogens (tertiary/aromatic N) is 4. The Labute approximate surface area is 171 Å². The Kier molecular flexibility index (Phi) is 4.17. The van der Waals surface area contributed by atoms with Crippen molar-refractivity contribution in [2.75, 3.05) is 12.4 Å². The molecule has 1 atom stereocenters. The predicted octanol–water partition coefficient (Wildman–Crippen LogP) is 3.95. The number of anilines is 1. The van der Waals surface area contributed by atoms with Crippen LogP contribution in [0.2, 0.25) is 5.02 Å². The van der Waals surface area contributed by atoms with Gasteiger partial charge in [0.1, 0.15) is 16.8 Å². The summed E-state index contributed by atoms with van der Waals surface area (Å²) in [7, 11) is 1.57. The lowest BCUT2D eigenvalue weighted by molar-refractivity contribution is -0.116. The first-order chi connectivity index (χ1) is 14.1. The molecule has 0 aliphatic carbocycles. The average molecular weight is 406 g/mol. The molecule has 0 bridgehead atoms. The van der Waals surface area contributed by atoms with Crippen molar-refractivity contribution in [1.82, 2.24) is 20.0 Å². The van der Waals surface area contributed by atoms with Crippen molar-refractivity contribution in [3.8, 4) is 11.4 Å². The predicted molar refractivity (Wildman–Crippen MR) is 110 cm³/mol. The maximum absolute atomic E-state index is 12.3. The maximum Gasteiger partial charge on any atom is 0.225 e. The smallest absolute Gasteiger partial charge is 0.225 e. The molecule has 0 saturated carbocycles. The van der Waals surface area contributed by atoms with E-state index in [1.165, 1.54) is 0 Å². The van der Waals surface area contributed by atoms with E-state index in [0.717, 1.165) is 33.5 Å². The zero-order chi connectivity index (χ0) is 20.0. The Morgan fingerprint density at radius 1 is 1.14 bits per heavy atom. The number of aromatic nitrogens is 4. The summed E-state index contributed by atoms with van der Waals surface area (Å²) in [6.45, 7) is 0. The number of hydrogen-bond donors (Lipinski definition) is 1. The molecule has 1 aliphatic rings. The second-order valence-electron chi connectivity index (χ2n) is 6.79. The van der Waals surface area contributed by atoms with Gasteiger partial charge < -0.3 is 10.1 Å². The first-order valence-corrected chi connectivity index (χ1v) is 9.45. The Bertz CT molecular complexity index is 1240. The summed E-state index contributed by atoms with van der Waals surface area (Å²) in [6.07, 6.45) is 3.81. The van der Waals surface area contributed by atoms with Gasteiger partial charge in [0.15, 0.2) is 0 Å². The van der Waals surface area contributed by atoms with E-state index < -0.39 is 0 Å². The van der Waals surface area contributed by atoms with Gasteiger partial charge in [0.05, 0.1) is 17.8 Å². The summed E-state index contributed by atoms with van der Waals surface area (Å²) < 4.78 is 5.21. The monoisotopic (exact) mass is 405 g/mol. The third-order valence-electron chi connectivity index (χ3n) is 5.08. The number of ether oxygens (including phenoxy) is 1. The second kappa shape index (κ2) is 6.86. The van der Waals surface area contributed by atoms with Gasteiger partial charge in [-0.15, -0.1) is 10.2 Å². The van der Waals surface area contributed by atoms with E-state index in [4.69, 9.17) is 21.4 Å². The van der Waals surface area contributed by atoms with Crippen LogP contribution in [0.5, 0.6) is 5.75 Å². The van der Waals surface area contributed by atoms with E-state index in [9.17, 15) is 4.79 Å². The lowest BCUT2D eigenvalue weighted by atomic mass is 9.84. The fourth-order valence-electron chi connectivity index (χ4n) is 3.73. The van der Waals surface area contributed by atoms with E-state index in [-0.39, 0.29) is 11.8 Å². The number of carbonyl (C=O) groups is 1. The lowest BCUT2D eigenvalue weighted by Gasteiger charge is -2.25. The second-order valence-corrected chi connectivity index (χ2v) is 7.20. The molecule has 2 aromatic heterocycles. The molecular weight excluding hydrogens is 390 g/mol. The van der Waals surface area contributed by atoms with Crippen molar-refractivity contribution < 1.29 is 9.53 Å². The van der Waals surface area contributed by atoms with E-state index in [0.29, 0.717) is 17.2 Å². The highest BCUT2D eigenvalue weighted by Gasteiger charge is 2.30. The number of benzene rings is 2. The van der Waals surface area contributed by atoms with Gasteiger partial charge in [-0.05, 0) is 48.0 Å². The number of rotatable bonds is 3. The van der Waals surface area contributed by atoms with Gasteiger partial charge in [-0.1, -0.05) is 11.6 Å². The average Bonchev–Trinajstić information content (AvgIpc) is 3.18. The van der Waals surface area contributed by atoms with Gasteiger partial charge >= 0.3 is 0 Å².